The molecule has 0 aliphatic rings. The van der Waals surface area contributed by atoms with Gasteiger partial charge in [-0.2, -0.15) is 0 Å². The summed E-state index contributed by atoms with van der Waals surface area (Å²) in [6, 6.07) is 0.841. The van der Waals surface area contributed by atoms with Crippen LogP contribution >= 0.6 is 0 Å². The summed E-state index contributed by atoms with van der Waals surface area (Å²) in [4.78, 5) is 34.3. The van der Waals surface area contributed by atoms with Crippen molar-refractivity contribution in [3.05, 3.63) is 0 Å². The third-order valence-electron chi connectivity index (χ3n) is 2.63. The molecule has 0 rings (SSSR count). The fourth-order valence-corrected chi connectivity index (χ4v) is 2.17. The number of carbonyl (C=O) groups excluding carboxylic acids is 3. The van der Waals surface area contributed by atoms with E-state index in [0.717, 1.165) is 17.3 Å². The summed E-state index contributed by atoms with van der Waals surface area (Å²) in [6.45, 7) is 12.2. The summed E-state index contributed by atoms with van der Waals surface area (Å²) in [5, 5.41) is 1.06. The Labute approximate surface area is 139 Å². The Balaban J connectivity index is 4.56. The number of unbranched alkanes of at least 4 members (excludes halogenated alkanes) is 1. The molecule has 8 heteroatoms. The molecule has 0 atom stereocenters. The van der Waals surface area contributed by atoms with Crippen LogP contribution in [0.15, 0.2) is 0 Å². The van der Waals surface area contributed by atoms with Crippen LogP contribution in [-0.4, -0.2) is 50.3 Å². The Morgan fingerprint density at radius 3 is 2.30 bits per heavy atom. The van der Waals surface area contributed by atoms with Gasteiger partial charge in [-0.1, -0.05) is 19.6 Å². The van der Waals surface area contributed by atoms with Crippen LogP contribution in [0, 0.1) is 0 Å². The van der Waals surface area contributed by atoms with Gasteiger partial charge in [-0.15, -0.1) is 0 Å². The molecule has 7 nitrogen and oxygen atoms in total. The van der Waals surface area contributed by atoms with Crippen LogP contribution in [0.2, 0.25) is 25.7 Å². The standard InChI is InChI=1S/C15H30N2O5Si/c1-15(2,3)22-13(19)16-17(9-7-8-10-18)14(20)21-11-12-23(4,5)6/h10H,7-9,11-12H2,1-6H3,(H,16,19). The topological polar surface area (TPSA) is 84.9 Å². The van der Waals surface area contributed by atoms with E-state index in [1.54, 1.807) is 20.8 Å². The Kier molecular flexibility index (Phi) is 8.89. The van der Waals surface area contributed by atoms with E-state index in [2.05, 4.69) is 25.1 Å². The van der Waals surface area contributed by atoms with Crippen LogP contribution in [0.25, 0.3) is 0 Å². The second-order valence-electron chi connectivity index (χ2n) is 7.50. The molecule has 0 spiro atoms. The lowest BCUT2D eigenvalue weighted by Gasteiger charge is -2.26. The molecule has 2 amide bonds. The molecule has 1 N–H and O–H groups in total. The maximum absolute atomic E-state index is 12.1. The summed E-state index contributed by atoms with van der Waals surface area (Å²) in [5.74, 6) is 0. The molecule has 0 saturated carbocycles. The summed E-state index contributed by atoms with van der Waals surface area (Å²) in [7, 11) is -1.31. The average Bonchev–Trinajstić information content (AvgIpc) is 2.33. The van der Waals surface area contributed by atoms with Crippen molar-refractivity contribution < 1.29 is 23.9 Å². The first-order chi connectivity index (χ1) is 10.4. The highest BCUT2D eigenvalue weighted by Crippen LogP contribution is 2.09. The van der Waals surface area contributed by atoms with Crippen LogP contribution in [0.4, 0.5) is 9.59 Å². The first-order valence-corrected chi connectivity index (χ1v) is 11.5. The van der Waals surface area contributed by atoms with E-state index in [-0.39, 0.29) is 6.54 Å². The minimum Gasteiger partial charge on any atom is -0.449 e. The highest BCUT2D eigenvalue weighted by molar-refractivity contribution is 6.76. The highest BCUT2D eigenvalue weighted by atomic mass is 28.3. The molecule has 0 bridgehead atoms. The van der Waals surface area contributed by atoms with Gasteiger partial charge in [-0.05, 0) is 33.2 Å². The lowest BCUT2D eigenvalue weighted by Crippen LogP contribution is -2.48. The van der Waals surface area contributed by atoms with Crippen molar-refractivity contribution in [1.82, 2.24) is 10.4 Å². The van der Waals surface area contributed by atoms with Crippen molar-refractivity contribution in [2.75, 3.05) is 13.2 Å². The SMILES string of the molecule is CC(C)(C)OC(=O)NN(CCCC=O)C(=O)OCC[Si](C)(C)C. The van der Waals surface area contributed by atoms with Gasteiger partial charge in [0.25, 0.3) is 0 Å². The molecular weight excluding hydrogens is 316 g/mol. The van der Waals surface area contributed by atoms with Gasteiger partial charge in [0.15, 0.2) is 0 Å². The zero-order valence-electron chi connectivity index (χ0n) is 15.1. The maximum Gasteiger partial charge on any atom is 0.428 e. The van der Waals surface area contributed by atoms with Crippen molar-refractivity contribution in [2.45, 2.75) is 64.9 Å². The van der Waals surface area contributed by atoms with Crippen molar-refractivity contribution in [1.29, 1.82) is 0 Å². The lowest BCUT2D eigenvalue weighted by molar-refractivity contribution is -0.108. The molecule has 23 heavy (non-hydrogen) atoms. The van der Waals surface area contributed by atoms with Crippen LogP contribution in [-0.2, 0) is 14.3 Å². The van der Waals surface area contributed by atoms with Gasteiger partial charge in [0.05, 0.1) is 6.61 Å². The van der Waals surface area contributed by atoms with Gasteiger partial charge in [-0.3, -0.25) is 0 Å². The molecule has 0 saturated heterocycles. The van der Waals surface area contributed by atoms with Crippen LogP contribution < -0.4 is 5.43 Å². The van der Waals surface area contributed by atoms with Crippen LogP contribution in [0.3, 0.4) is 0 Å². The fourth-order valence-electron chi connectivity index (χ4n) is 1.46. The van der Waals surface area contributed by atoms with Gasteiger partial charge in [0, 0.05) is 21.0 Å². The zero-order valence-corrected chi connectivity index (χ0v) is 16.1. The number of rotatable bonds is 7. The van der Waals surface area contributed by atoms with Gasteiger partial charge < -0.3 is 14.3 Å². The van der Waals surface area contributed by atoms with Crippen molar-refractivity contribution in [2.24, 2.45) is 0 Å². The predicted molar refractivity (Wildman–Crippen MR) is 90.9 cm³/mol. The Morgan fingerprint density at radius 2 is 1.83 bits per heavy atom. The molecule has 0 aromatic rings. The number of aldehydes is 1. The monoisotopic (exact) mass is 346 g/mol. The number of nitrogens with one attached hydrogen (secondary N) is 1. The van der Waals surface area contributed by atoms with E-state index in [0.29, 0.717) is 19.4 Å². The fraction of sp³-hybridized carbons (Fsp3) is 0.800. The number of hydrogen-bond donors (Lipinski definition) is 1. The summed E-state index contributed by atoms with van der Waals surface area (Å²) in [5.41, 5.74) is 1.71. The third-order valence-corrected chi connectivity index (χ3v) is 4.33. The van der Waals surface area contributed by atoms with Gasteiger partial charge in [0.2, 0.25) is 0 Å². The largest absolute Gasteiger partial charge is 0.449 e. The van der Waals surface area contributed by atoms with E-state index < -0.39 is 25.9 Å². The minimum atomic E-state index is -1.31. The summed E-state index contributed by atoms with van der Waals surface area (Å²) < 4.78 is 10.3. The van der Waals surface area contributed by atoms with Gasteiger partial charge >= 0.3 is 12.2 Å². The Bertz CT molecular complexity index is 402. The molecule has 0 radical (unpaired) electrons. The molecule has 0 heterocycles. The number of amides is 2. The zero-order chi connectivity index (χ0) is 18.1. The van der Waals surface area contributed by atoms with Gasteiger partial charge in [-0.25, -0.2) is 20.0 Å². The molecule has 0 unspecified atom stereocenters. The molecule has 0 fully saturated rings. The van der Waals surface area contributed by atoms with Crippen molar-refractivity contribution in [3.63, 3.8) is 0 Å². The number of hydrazine groups is 1. The van der Waals surface area contributed by atoms with E-state index in [1.807, 2.05) is 0 Å². The summed E-state index contributed by atoms with van der Waals surface area (Å²) in [6.07, 6.45) is 0.130. The molecular formula is C15H30N2O5Si. The molecule has 0 aromatic carbocycles. The first kappa shape index (κ1) is 21.4. The first-order valence-electron chi connectivity index (χ1n) is 7.82. The number of hydrogen-bond acceptors (Lipinski definition) is 5. The molecule has 0 aromatic heterocycles. The minimum absolute atomic E-state index is 0.184. The lowest BCUT2D eigenvalue weighted by atomic mass is 10.2. The number of ether oxygens (including phenoxy) is 2. The second-order valence-corrected chi connectivity index (χ2v) is 13.1. The molecule has 0 aliphatic heterocycles. The van der Waals surface area contributed by atoms with E-state index >= 15 is 0 Å². The smallest absolute Gasteiger partial charge is 0.428 e. The third kappa shape index (κ3) is 12.6. The van der Waals surface area contributed by atoms with E-state index in [9.17, 15) is 14.4 Å². The normalized spacial score (nSPS) is 11.6. The highest BCUT2D eigenvalue weighted by Gasteiger charge is 2.23. The molecule has 0 aliphatic carbocycles. The maximum atomic E-state index is 12.1. The second kappa shape index (κ2) is 9.54. The van der Waals surface area contributed by atoms with E-state index in [1.165, 1.54) is 0 Å². The average molecular weight is 347 g/mol. The van der Waals surface area contributed by atoms with E-state index in [4.69, 9.17) is 9.47 Å². The van der Waals surface area contributed by atoms with Crippen LogP contribution in [0.1, 0.15) is 33.6 Å². The van der Waals surface area contributed by atoms with Gasteiger partial charge in [0.1, 0.15) is 11.9 Å². The quantitative estimate of drug-likeness (QED) is 0.331. The summed E-state index contributed by atoms with van der Waals surface area (Å²) >= 11 is 0. The Hall–Kier alpha value is -1.57. The van der Waals surface area contributed by atoms with Crippen LogP contribution in [0.5, 0.6) is 0 Å². The predicted octanol–water partition coefficient (Wildman–Crippen LogP) is 3.18. The number of carbonyl (C=O) groups is 3. The number of nitrogens with zero attached hydrogens (tertiary/aromatic N) is 1. The van der Waals surface area contributed by atoms with Crippen molar-refractivity contribution in [3.8, 4) is 0 Å². The van der Waals surface area contributed by atoms with Crippen molar-refractivity contribution >= 4 is 26.5 Å². The molecule has 134 valence electrons. The Morgan fingerprint density at radius 1 is 1.22 bits per heavy atom.